The van der Waals surface area contributed by atoms with E-state index in [0.717, 1.165) is 0 Å². The third kappa shape index (κ3) is 4.18. The standard InChI is InChI=1S/C14H19ClN2O3S/c15-7-4-12-21(19,20)17-10-8-16(9-11-17)14(18)13-5-2-1-3-6-13/h1-3,5-6H,4,7-12H2. The van der Waals surface area contributed by atoms with E-state index in [0.29, 0.717) is 44.0 Å². The van der Waals surface area contributed by atoms with Crippen LogP contribution in [0.1, 0.15) is 16.8 Å². The Hall–Kier alpha value is -1.11. The number of sulfonamides is 1. The van der Waals surface area contributed by atoms with Crippen LogP contribution in [-0.2, 0) is 10.0 Å². The topological polar surface area (TPSA) is 57.7 Å². The van der Waals surface area contributed by atoms with Crippen LogP contribution in [0.4, 0.5) is 0 Å². The van der Waals surface area contributed by atoms with Crippen molar-refractivity contribution < 1.29 is 13.2 Å². The van der Waals surface area contributed by atoms with Crippen LogP contribution in [0.5, 0.6) is 0 Å². The number of nitrogens with zero attached hydrogens (tertiary/aromatic N) is 2. The highest BCUT2D eigenvalue weighted by Crippen LogP contribution is 2.12. The van der Waals surface area contributed by atoms with Gasteiger partial charge in [-0.1, -0.05) is 18.2 Å². The molecule has 1 amide bonds. The van der Waals surface area contributed by atoms with E-state index in [9.17, 15) is 13.2 Å². The number of carbonyl (C=O) groups excluding carboxylic acids is 1. The first-order valence-corrected chi connectivity index (χ1v) is 9.07. The molecule has 116 valence electrons. The minimum Gasteiger partial charge on any atom is -0.336 e. The molecule has 1 fully saturated rings. The van der Waals surface area contributed by atoms with E-state index in [4.69, 9.17) is 11.6 Å². The van der Waals surface area contributed by atoms with E-state index in [-0.39, 0.29) is 11.7 Å². The Morgan fingerprint density at radius 1 is 1.10 bits per heavy atom. The Kier molecular flexibility index (Phi) is 5.61. The second-order valence-corrected chi connectivity index (χ2v) is 7.38. The van der Waals surface area contributed by atoms with Crippen LogP contribution in [0.25, 0.3) is 0 Å². The number of piperazine rings is 1. The second kappa shape index (κ2) is 7.24. The normalized spacial score (nSPS) is 16.9. The van der Waals surface area contributed by atoms with E-state index < -0.39 is 10.0 Å². The first-order valence-electron chi connectivity index (χ1n) is 6.93. The molecule has 5 nitrogen and oxygen atoms in total. The summed E-state index contributed by atoms with van der Waals surface area (Å²) in [5.74, 6) is 0.364. The number of amides is 1. The summed E-state index contributed by atoms with van der Waals surface area (Å²) >= 11 is 5.54. The van der Waals surface area contributed by atoms with Crippen LogP contribution < -0.4 is 0 Å². The van der Waals surface area contributed by atoms with E-state index in [1.807, 2.05) is 18.2 Å². The van der Waals surface area contributed by atoms with Gasteiger partial charge in [0, 0.05) is 37.6 Å². The van der Waals surface area contributed by atoms with Gasteiger partial charge in [0.05, 0.1) is 5.75 Å². The van der Waals surface area contributed by atoms with Crippen LogP contribution in [0.3, 0.4) is 0 Å². The number of alkyl halides is 1. The molecule has 0 spiro atoms. The van der Waals surface area contributed by atoms with Gasteiger partial charge in [0.25, 0.3) is 5.91 Å². The number of carbonyl (C=O) groups is 1. The Morgan fingerprint density at radius 2 is 1.71 bits per heavy atom. The zero-order valence-corrected chi connectivity index (χ0v) is 13.3. The van der Waals surface area contributed by atoms with Gasteiger partial charge in [0.2, 0.25) is 10.0 Å². The molecule has 0 aliphatic carbocycles. The minimum absolute atomic E-state index is 0.0478. The first kappa shape index (κ1) is 16.3. The molecule has 1 aromatic rings. The zero-order chi connectivity index (χ0) is 15.3. The first-order chi connectivity index (χ1) is 10.0. The summed E-state index contributed by atoms with van der Waals surface area (Å²) < 4.78 is 25.6. The predicted molar refractivity (Wildman–Crippen MR) is 83.0 cm³/mol. The van der Waals surface area contributed by atoms with Crippen molar-refractivity contribution in [3.05, 3.63) is 35.9 Å². The summed E-state index contributed by atoms with van der Waals surface area (Å²) in [6.07, 6.45) is 0.451. The van der Waals surface area contributed by atoms with Crippen molar-refractivity contribution in [3.63, 3.8) is 0 Å². The van der Waals surface area contributed by atoms with Gasteiger partial charge in [-0.2, -0.15) is 4.31 Å². The maximum atomic E-state index is 12.3. The summed E-state index contributed by atoms with van der Waals surface area (Å²) in [5, 5.41) is 0. The van der Waals surface area contributed by atoms with Gasteiger partial charge >= 0.3 is 0 Å². The van der Waals surface area contributed by atoms with Crippen molar-refractivity contribution in [2.45, 2.75) is 6.42 Å². The predicted octanol–water partition coefficient (Wildman–Crippen LogP) is 1.40. The smallest absolute Gasteiger partial charge is 0.253 e. The fourth-order valence-corrected chi connectivity index (χ4v) is 4.08. The number of hydrogen-bond donors (Lipinski definition) is 0. The largest absolute Gasteiger partial charge is 0.336 e. The molecule has 0 unspecified atom stereocenters. The molecule has 0 atom stereocenters. The Morgan fingerprint density at radius 3 is 2.29 bits per heavy atom. The lowest BCUT2D eigenvalue weighted by Gasteiger charge is -2.34. The fraction of sp³-hybridized carbons (Fsp3) is 0.500. The van der Waals surface area contributed by atoms with Crippen LogP contribution in [0.15, 0.2) is 30.3 Å². The van der Waals surface area contributed by atoms with E-state index in [2.05, 4.69) is 0 Å². The molecular formula is C14H19ClN2O3S. The molecule has 0 aromatic heterocycles. The summed E-state index contributed by atoms with van der Waals surface area (Å²) in [4.78, 5) is 14.0. The number of benzene rings is 1. The van der Waals surface area contributed by atoms with Crippen molar-refractivity contribution in [3.8, 4) is 0 Å². The Balaban J connectivity index is 1.93. The minimum atomic E-state index is -3.25. The third-order valence-electron chi connectivity index (χ3n) is 3.48. The van der Waals surface area contributed by atoms with E-state index in [1.54, 1.807) is 17.0 Å². The lowest BCUT2D eigenvalue weighted by Crippen LogP contribution is -2.51. The molecule has 1 heterocycles. The van der Waals surface area contributed by atoms with Gasteiger partial charge in [0.15, 0.2) is 0 Å². The van der Waals surface area contributed by atoms with Crippen LogP contribution in [0.2, 0.25) is 0 Å². The maximum Gasteiger partial charge on any atom is 0.253 e. The highest BCUT2D eigenvalue weighted by Gasteiger charge is 2.28. The molecule has 1 aliphatic heterocycles. The molecule has 0 bridgehead atoms. The van der Waals surface area contributed by atoms with Gasteiger partial charge in [0.1, 0.15) is 0 Å². The van der Waals surface area contributed by atoms with Crippen molar-refractivity contribution in [1.29, 1.82) is 0 Å². The number of hydrogen-bond acceptors (Lipinski definition) is 3. The molecule has 0 N–H and O–H groups in total. The molecule has 7 heteroatoms. The van der Waals surface area contributed by atoms with E-state index in [1.165, 1.54) is 4.31 Å². The summed E-state index contributed by atoms with van der Waals surface area (Å²) in [7, 11) is -3.25. The van der Waals surface area contributed by atoms with Gasteiger partial charge in [-0.3, -0.25) is 4.79 Å². The molecule has 1 aliphatic rings. The second-order valence-electron chi connectivity index (χ2n) is 4.92. The summed E-state index contributed by atoms with van der Waals surface area (Å²) in [6, 6.07) is 9.04. The van der Waals surface area contributed by atoms with Gasteiger partial charge in [-0.15, -0.1) is 11.6 Å². The molecule has 21 heavy (non-hydrogen) atoms. The van der Waals surface area contributed by atoms with Gasteiger partial charge in [-0.25, -0.2) is 8.42 Å². The Bertz CT molecular complexity index is 569. The van der Waals surface area contributed by atoms with Gasteiger partial charge < -0.3 is 4.90 Å². The number of rotatable bonds is 5. The third-order valence-corrected chi connectivity index (χ3v) is 5.70. The highest BCUT2D eigenvalue weighted by molar-refractivity contribution is 7.89. The zero-order valence-electron chi connectivity index (χ0n) is 11.7. The average Bonchev–Trinajstić information content (AvgIpc) is 2.53. The number of halogens is 1. The molecule has 2 rings (SSSR count). The lowest BCUT2D eigenvalue weighted by molar-refractivity contribution is 0.0698. The lowest BCUT2D eigenvalue weighted by atomic mass is 10.2. The molecule has 0 radical (unpaired) electrons. The molecular weight excluding hydrogens is 312 g/mol. The van der Waals surface area contributed by atoms with E-state index >= 15 is 0 Å². The molecule has 1 saturated heterocycles. The quantitative estimate of drug-likeness (QED) is 0.767. The summed E-state index contributed by atoms with van der Waals surface area (Å²) in [6.45, 7) is 1.55. The monoisotopic (exact) mass is 330 g/mol. The average molecular weight is 331 g/mol. The maximum absolute atomic E-state index is 12.3. The Labute approximate surface area is 130 Å². The fourth-order valence-electron chi connectivity index (χ4n) is 2.30. The van der Waals surface area contributed by atoms with Crippen molar-refractivity contribution in [2.75, 3.05) is 37.8 Å². The van der Waals surface area contributed by atoms with Crippen molar-refractivity contribution in [1.82, 2.24) is 9.21 Å². The summed E-state index contributed by atoms with van der Waals surface area (Å²) in [5.41, 5.74) is 0.635. The van der Waals surface area contributed by atoms with Crippen LogP contribution >= 0.6 is 11.6 Å². The van der Waals surface area contributed by atoms with Crippen molar-refractivity contribution in [2.24, 2.45) is 0 Å². The highest BCUT2D eigenvalue weighted by atomic mass is 35.5. The van der Waals surface area contributed by atoms with Crippen molar-refractivity contribution >= 4 is 27.5 Å². The SMILES string of the molecule is O=C(c1ccccc1)N1CCN(S(=O)(=O)CCCCl)CC1. The van der Waals surface area contributed by atoms with Gasteiger partial charge in [-0.05, 0) is 18.6 Å². The van der Waals surface area contributed by atoms with Crippen LogP contribution in [-0.4, -0.2) is 61.3 Å². The van der Waals surface area contributed by atoms with Crippen LogP contribution in [0, 0.1) is 0 Å². The molecule has 0 saturated carbocycles. The molecule has 1 aromatic carbocycles.